The molecule has 2 aromatic heterocycles. The summed E-state index contributed by atoms with van der Waals surface area (Å²) >= 11 is 0. The van der Waals surface area contributed by atoms with Crippen molar-refractivity contribution in [3.05, 3.63) is 95.6 Å². The van der Waals surface area contributed by atoms with Crippen LogP contribution in [0.3, 0.4) is 0 Å². The second-order valence-electron chi connectivity index (χ2n) is 8.61. The Kier molecular flexibility index (Phi) is 4.06. The van der Waals surface area contributed by atoms with Crippen molar-refractivity contribution in [2.24, 2.45) is 0 Å². The van der Waals surface area contributed by atoms with Crippen molar-refractivity contribution in [3.8, 4) is 22.3 Å². The van der Waals surface area contributed by atoms with Crippen LogP contribution >= 0.6 is 0 Å². The Morgan fingerprint density at radius 1 is 0.581 bits per heavy atom. The SMILES string of the molecule is Cc1cc(-c2ccncc2)cc2c1N1Cc3cc(-c4ccncc4)cc(C)c3N(C2)C1. The number of benzene rings is 2. The zero-order valence-corrected chi connectivity index (χ0v) is 17.8. The third kappa shape index (κ3) is 2.98. The third-order valence-corrected chi connectivity index (χ3v) is 6.48. The zero-order valence-electron chi connectivity index (χ0n) is 17.8. The van der Waals surface area contributed by atoms with Crippen LogP contribution in [0.1, 0.15) is 22.3 Å². The monoisotopic (exact) mass is 404 g/mol. The van der Waals surface area contributed by atoms with Crippen molar-refractivity contribution in [1.29, 1.82) is 0 Å². The van der Waals surface area contributed by atoms with Gasteiger partial charge in [-0.25, -0.2) is 0 Å². The highest BCUT2D eigenvalue weighted by Crippen LogP contribution is 2.43. The van der Waals surface area contributed by atoms with E-state index in [0.717, 1.165) is 19.8 Å². The molecule has 31 heavy (non-hydrogen) atoms. The van der Waals surface area contributed by atoms with E-state index in [1.807, 2.05) is 24.8 Å². The normalized spacial score (nSPS) is 14.3. The standard InChI is InChI=1S/C27H24N4/c1-18-11-22(20-3-7-28-8-4-20)13-24-15-31-17-30(26(18)24)16-25-14-23(12-19(2)27(25)31)21-5-9-29-10-6-21/h3-14H,15-17H2,1-2H3. The van der Waals surface area contributed by atoms with Gasteiger partial charge in [0.25, 0.3) is 0 Å². The first kappa shape index (κ1) is 18.1. The number of fused-ring (bicyclic) bond motifs is 6. The molecule has 2 bridgehead atoms. The van der Waals surface area contributed by atoms with E-state index in [-0.39, 0.29) is 0 Å². The molecule has 4 nitrogen and oxygen atoms in total. The topological polar surface area (TPSA) is 32.3 Å². The Labute approximate surface area is 182 Å². The number of rotatable bonds is 2. The average molecular weight is 405 g/mol. The van der Waals surface area contributed by atoms with E-state index < -0.39 is 0 Å². The molecule has 0 saturated heterocycles. The molecule has 2 aliphatic heterocycles. The van der Waals surface area contributed by atoms with Crippen LogP contribution < -0.4 is 9.80 Å². The molecule has 0 unspecified atom stereocenters. The molecule has 2 aromatic carbocycles. The fourth-order valence-corrected chi connectivity index (χ4v) is 5.29. The Morgan fingerprint density at radius 3 is 1.42 bits per heavy atom. The molecule has 6 rings (SSSR count). The summed E-state index contributed by atoms with van der Waals surface area (Å²) in [6.45, 7) is 7.31. The minimum absolute atomic E-state index is 0.939. The second kappa shape index (κ2) is 6.95. The van der Waals surface area contributed by atoms with Gasteiger partial charge in [0.05, 0.1) is 6.67 Å². The van der Waals surface area contributed by atoms with E-state index in [1.165, 1.54) is 55.9 Å². The van der Waals surface area contributed by atoms with Crippen LogP contribution in [-0.2, 0) is 13.1 Å². The van der Waals surface area contributed by atoms with E-state index in [1.54, 1.807) is 0 Å². The van der Waals surface area contributed by atoms with Crippen LogP contribution in [-0.4, -0.2) is 16.6 Å². The van der Waals surface area contributed by atoms with Crippen molar-refractivity contribution in [1.82, 2.24) is 9.97 Å². The predicted molar refractivity (Wildman–Crippen MR) is 126 cm³/mol. The number of anilines is 2. The zero-order chi connectivity index (χ0) is 20.9. The van der Waals surface area contributed by atoms with Crippen molar-refractivity contribution >= 4 is 11.4 Å². The first-order valence-corrected chi connectivity index (χ1v) is 10.7. The maximum atomic E-state index is 4.17. The number of hydrogen-bond acceptors (Lipinski definition) is 4. The fourth-order valence-electron chi connectivity index (χ4n) is 5.29. The first-order valence-electron chi connectivity index (χ1n) is 10.7. The summed E-state index contributed by atoms with van der Waals surface area (Å²) in [5.74, 6) is 0. The van der Waals surface area contributed by atoms with Crippen molar-refractivity contribution < 1.29 is 0 Å². The number of aryl methyl sites for hydroxylation is 2. The highest BCUT2D eigenvalue weighted by molar-refractivity contribution is 5.79. The van der Waals surface area contributed by atoms with Crippen molar-refractivity contribution in [3.63, 3.8) is 0 Å². The van der Waals surface area contributed by atoms with Gasteiger partial charge < -0.3 is 9.80 Å². The van der Waals surface area contributed by atoms with Crippen LogP contribution in [0.4, 0.5) is 11.4 Å². The molecule has 0 atom stereocenters. The molecule has 4 heterocycles. The van der Waals surface area contributed by atoms with Gasteiger partial charge in [-0.1, -0.05) is 0 Å². The van der Waals surface area contributed by atoms with Gasteiger partial charge in [0, 0.05) is 49.3 Å². The summed E-state index contributed by atoms with van der Waals surface area (Å²) in [5.41, 5.74) is 13.3. The highest BCUT2D eigenvalue weighted by atomic mass is 15.4. The molecular weight excluding hydrogens is 380 g/mol. The summed E-state index contributed by atoms with van der Waals surface area (Å²) in [5, 5.41) is 0. The van der Waals surface area contributed by atoms with Gasteiger partial charge in [-0.3, -0.25) is 9.97 Å². The van der Waals surface area contributed by atoms with Gasteiger partial charge >= 0.3 is 0 Å². The third-order valence-electron chi connectivity index (χ3n) is 6.48. The van der Waals surface area contributed by atoms with E-state index in [2.05, 4.69) is 82.1 Å². The molecule has 0 aliphatic carbocycles. The first-order chi connectivity index (χ1) is 15.2. The van der Waals surface area contributed by atoms with Crippen LogP contribution in [0.15, 0.2) is 73.3 Å². The molecule has 2 aliphatic rings. The average Bonchev–Trinajstić information content (AvgIpc) is 2.79. The van der Waals surface area contributed by atoms with E-state index >= 15 is 0 Å². The Hall–Kier alpha value is -3.66. The lowest BCUT2D eigenvalue weighted by molar-refractivity contribution is 0.647. The molecule has 152 valence electrons. The Morgan fingerprint density at radius 2 is 1.00 bits per heavy atom. The number of hydrogen-bond donors (Lipinski definition) is 0. The number of pyridine rings is 2. The van der Waals surface area contributed by atoms with Gasteiger partial charge in [0.1, 0.15) is 0 Å². The molecule has 0 N–H and O–H groups in total. The highest BCUT2D eigenvalue weighted by Gasteiger charge is 2.32. The lowest BCUT2D eigenvalue weighted by atomic mass is 9.92. The molecular formula is C27H24N4. The molecule has 0 spiro atoms. The van der Waals surface area contributed by atoms with Crippen LogP contribution in [0, 0.1) is 13.8 Å². The summed E-state index contributed by atoms with van der Waals surface area (Å²) < 4.78 is 0. The second-order valence-corrected chi connectivity index (χ2v) is 8.61. The molecule has 0 radical (unpaired) electrons. The smallest absolute Gasteiger partial charge is 0.0910 e. The largest absolute Gasteiger partial charge is 0.349 e. The van der Waals surface area contributed by atoms with E-state index in [9.17, 15) is 0 Å². The van der Waals surface area contributed by atoms with Gasteiger partial charge in [-0.2, -0.15) is 0 Å². The van der Waals surface area contributed by atoms with Gasteiger partial charge in [-0.15, -0.1) is 0 Å². The van der Waals surface area contributed by atoms with Crippen molar-refractivity contribution in [2.45, 2.75) is 26.9 Å². The summed E-state index contributed by atoms with van der Waals surface area (Å²) in [4.78, 5) is 13.4. The Bertz CT molecular complexity index is 1180. The maximum Gasteiger partial charge on any atom is 0.0910 e. The summed E-state index contributed by atoms with van der Waals surface area (Å²) in [6, 6.07) is 17.7. The summed E-state index contributed by atoms with van der Waals surface area (Å²) in [7, 11) is 0. The molecule has 0 fully saturated rings. The van der Waals surface area contributed by atoms with E-state index in [4.69, 9.17) is 0 Å². The molecule has 4 heteroatoms. The molecule has 0 saturated carbocycles. The fraction of sp³-hybridized carbons (Fsp3) is 0.185. The minimum Gasteiger partial charge on any atom is -0.349 e. The number of aromatic nitrogens is 2. The summed E-state index contributed by atoms with van der Waals surface area (Å²) in [6.07, 6.45) is 7.47. The molecule has 0 amide bonds. The van der Waals surface area contributed by atoms with Gasteiger partial charge in [-0.05, 0) is 107 Å². The van der Waals surface area contributed by atoms with Crippen LogP contribution in [0.25, 0.3) is 22.3 Å². The molecule has 4 aromatic rings. The lowest BCUT2D eigenvalue weighted by Crippen LogP contribution is -2.46. The lowest BCUT2D eigenvalue weighted by Gasteiger charge is -2.46. The number of nitrogens with zero attached hydrogens (tertiary/aromatic N) is 4. The Balaban J connectivity index is 1.43. The van der Waals surface area contributed by atoms with Gasteiger partial charge in [0.15, 0.2) is 0 Å². The van der Waals surface area contributed by atoms with Crippen molar-refractivity contribution in [2.75, 3.05) is 16.5 Å². The predicted octanol–water partition coefficient (Wildman–Crippen LogP) is 5.73. The van der Waals surface area contributed by atoms with E-state index in [0.29, 0.717) is 0 Å². The van der Waals surface area contributed by atoms with Crippen LogP contribution in [0.2, 0.25) is 0 Å². The minimum atomic E-state index is 0.939. The quantitative estimate of drug-likeness (QED) is 0.427. The van der Waals surface area contributed by atoms with Crippen LogP contribution in [0.5, 0.6) is 0 Å². The van der Waals surface area contributed by atoms with Gasteiger partial charge in [0.2, 0.25) is 0 Å². The maximum absolute atomic E-state index is 4.17.